The van der Waals surface area contributed by atoms with Crippen molar-refractivity contribution in [1.29, 1.82) is 0 Å². The molecule has 2 nitrogen and oxygen atoms in total. The Morgan fingerprint density at radius 2 is 2.25 bits per heavy atom. The van der Waals surface area contributed by atoms with Crippen molar-refractivity contribution in [2.24, 2.45) is 0 Å². The maximum atomic E-state index is 7.97. The van der Waals surface area contributed by atoms with E-state index in [9.17, 15) is 0 Å². The summed E-state index contributed by atoms with van der Waals surface area (Å²) in [5.74, 6) is 0.417. The lowest BCUT2D eigenvalue weighted by atomic mass is 10.9. The summed E-state index contributed by atoms with van der Waals surface area (Å²) in [7, 11) is 0. The molecule has 0 unspecified atom stereocenters. The molecule has 4 heavy (non-hydrogen) atoms. The Morgan fingerprint density at radius 1 is 2.00 bits per heavy atom. The highest BCUT2D eigenvalue weighted by atomic mass is 16.3. The predicted octanol–water partition coefficient (Wildman–Crippen LogP) is -1.96. The summed E-state index contributed by atoms with van der Waals surface area (Å²) in [6.45, 7) is 0.708. The smallest absolute Gasteiger partial charge is 0.400 e. The number of nitrogens with one attached hydrogen (secondary N) is 1. The monoisotopic (exact) mass is 58.0 g/mol. The quantitative estimate of drug-likeness (QED) is 0.333. The van der Waals surface area contributed by atoms with Crippen LogP contribution in [-0.2, 0) is 0 Å². The fourth-order valence-corrected chi connectivity index (χ4v) is 0.0395. The minimum atomic E-state index is 0.417. The first kappa shape index (κ1) is 1.76. The third-order valence-electron chi connectivity index (χ3n) is 0.335. The SMILES string of the molecule is OC1=[NH+]C1. The van der Waals surface area contributed by atoms with Gasteiger partial charge in [-0.2, -0.15) is 4.99 Å². The van der Waals surface area contributed by atoms with Crippen molar-refractivity contribution >= 4 is 5.90 Å². The molecule has 0 atom stereocenters. The van der Waals surface area contributed by atoms with E-state index in [4.69, 9.17) is 5.11 Å². The highest BCUT2D eigenvalue weighted by Crippen LogP contribution is 1.48. The molecule has 0 aromatic heterocycles. The van der Waals surface area contributed by atoms with Crippen LogP contribution in [0.3, 0.4) is 0 Å². The van der Waals surface area contributed by atoms with Crippen LogP contribution in [0, 0.1) is 0 Å². The maximum absolute atomic E-state index is 7.97. The van der Waals surface area contributed by atoms with Crippen LogP contribution in [0.5, 0.6) is 0 Å². The Labute approximate surface area is 23.8 Å². The average molecular weight is 58.1 g/mol. The van der Waals surface area contributed by atoms with E-state index in [1.165, 1.54) is 0 Å². The zero-order chi connectivity index (χ0) is 2.99. The van der Waals surface area contributed by atoms with Crippen molar-refractivity contribution in [1.82, 2.24) is 0 Å². The second kappa shape index (κ2) is 0.267. The molecule has 22 valence electrons. The Hall–Kier alpha value is -0.530. The summed E-state index contributed by atoms with van der Waals surface area (Å²) in [5, 5.41) is 7.97. The molecule has 0 amide bonds. The van der Waals surface area contributed by atoms with Crippen molar-refractivity contribution in [2.45, 2.75) is 0 Å². The predicted molar refractivity (Wildman–Crippen MR) is 13.5 cm³/mol. The van der Waals surface area contributed by atoms with E-state index < -0.39 is 0 Å². The fraction of sp³-hybridized carbons (Fsp3) is 0.500. The first-order valence-corrected chi connectivity index (χ1v) is 1.18. The molecule has 1 aliphatic heterocycles. The largest absolute Gasteiger partial charge is 0.459 e. The molecule has 2 N–H and O–H groups in total. The molecule has 0 radical (unpaired) electrons. The van der Waals surface area contributed by atoms with Crippen LogP contribution in [0.25, 0.3) is 0 Å². The van der Waals surface area contributed by atoms with Crippen molar-refractivity contribution in [3.8, 4) is 0 Å². The maximum Gasteiger partial charge on any atom is 0.400 e. The van der Waals surface area contributed by atoms with Crippen LogP contribution in [0.4, 0.5) is 0 Å². The molecule has 0 saturated carbocycles. The minimum absolute atomic E-state index is 0.417. The van der Waals surface area contributed by atoms with Crippen LogP contribution in [0.1, 0.15) is 0 Å². The summed E-state index contributed by atoms with van der Waals surface area (Å²) in [6, 6.07) is 0. The van der Waals surface area contributed by atoms with Gasteiger partial charge >= 0.3 is 5.90 Å². The molecule has 0 spiro atoms. The Kier molecular flexibility index (Phi) is 0.117. The van der Waals surface area contributed by atoms with Crippen LogP contribution < -0.4 is 4.99 Å². The van der Waals surface area contributed by atoms with Gasteiger partial charge in [0.2, 0.25) is 0 Å². The molecule has 1 heterocycles. The zero-order valence-corrected chi connectivity index (χ0v) is 2.15. The number of hydrogen-bond acceptors (Lipinski definition) is 0. The second-order valence-corrected chi connectivity index (χ2v) is 0.800. The Balaban J connectivity index is 2.54. The van der Waals surface area contributed by atoms with Crippen molar-refractivity contribution in [3.05, 3.63) is 0 Å². The van der Waals surface area contributed by atoms with Gasteiger partial charge in [-0.3, -0.25) is 0 Å². The normalized spacial score (nSPS) is 19.5. The van der Waals surface area contributed by atoms with Crippen molar-refractivity contribution in [3.63, 3.8) is 0 Å². The van der Waals surface area contributed by atoms with E-state index in [-0.39, 0.29) is 0 Å². The third kappa shape index (κ3) is 0.0532. The lowest BCUT2D eigenvalue weighted by molar-refractivity contribution is -0.357. The fourth-order valence-electron chi connectivity index (χ4n) is 0.0395. The Morgan fingerprint density at radius 3 is 2.25 bits per heavy atom. The van der Waals surface area contributed by atoms with Gasteiger partial charge in [-0.05, 0) is 0 Å². The summed E-state index contributed by atoms with van der Waals surface area (Å²) in [6.07, 6.45) is 0. The highest BCUT2D eigenvalue weighted by Gasteiger charge is 2.15. The second-order valence-electron chi connectivity index (χ2n) is 0.800. The molecule has 0 saturated heterocycles. The minimum Gasteiger partial charge on any atom is -0.459 e. The van der Waals surface area contributed by atoms with Gasteiger partial charge in [0.15, 0.2) is 0 Å². The molecule has 1 aliphatic rings. The lowest BCUT2D eigenvalue weighted by Crippen LogP contribution is -2.45. The molecular formula is C2H4NO+. The summed E-state index contributed by atoms with van der Waals surface area (Å²) < 4.78 is 0. The van der Waals surface area contributed by atoms with Gasteiger partial charge in [0.25, 0.3) is 6.54 Å². The Bertz CT molecular complexity index is 57.1. The van der Waals surface area contributed by atoms with Gasteiger partial charge in [-0.15, -0.1) is 0 Å². The molecule has 0 bridgehead atoms. The van der Waals surface area contributed by atoms with Crippen molar-refractivity contribution < 1.29 is 10.1 Å². The molecule has 0 fully saturated rings. The highest BCUT2D eigenvalue weighted by molar-refractivity contribution is 5.75. The standard InChI is InChI=1S/C2H3NO/c4-2-1-3-2/h1H2,(H,3,4)/p+1. The molecule has 1 rings (SSSR count). The van der Waals surface area contributed by atoms with Crippen LogP contribution >= 0.6 is 0 Å². The van der Waals surface area contributed by atoms with Crippen molar-refractivity contribution in [2.75, 3.05) is 6.54 Å². The summed E-state index contributed by atoms with van der Waals surface area (Å²) in [5.41, 5.74) is 0. The van der Waals surface area contributed by atoms with E-state index in [0.717, 1.165) is 0 Å². The van der Waals surface area contributed by atoms with Crippen LogP contribution in [0.15, 0.2) is 0 Å². The van der Waals surface area contributed by atoms with Gasteiger partial charge in [0.1, 0.15) is 0 Å². The molecule has 2 heteroatoms. The molecule has 0 aromatic rings. The van der Waals surface area contributed by atoms with Crippen LogP contribution in [0.2, 0.25) is 0 Å². The lowest BCUT2D eigenvalue weighted by Gasteiger charge is -1.35. The van der Waals surface area contributed by atoms with E-state index >= 15 is 0 Å². The van der Waals surface area contributed by atoms with E-state index in [1.807, 2.05) is 0 Å². The molecular weight excluding hydrogens is 54.0 g/mol. The molecule has 0 aliphatic carbocycles. The number of aliphatic hydroxyl groups excluding tert-OH is 1. The number of hydrogen-bond donors (Lipinski definition) is 2. The van der Waals surface area contributed by atoms with E-state index in [2.05, 4.69) is 4.99 Å². The first-order chi connectivity index (χ1) is 1.89. The van der Waals surface area contributed by atoms with Crippen LogP contribution in [-0.4, -0.2) is 17.5 Å². The van der Waals surface area contributed by atoms with Gasteiger partial charge in [0, 0.05) is 0 Å². The number of aliphatic hydroxyl groups is 1. The first-order valence-electron chi connectivity index (χ1n) is 1.18. The van der Waals surface area contributed by atoms with E-state index in [0.29, 0.717) is 12.4 Å². The summed E-state index contributed by atoms with van der Waals surface area (Å²) in [4.78, 5) is 2.57. The topological polar surface area (TPSA) is 34.2 Å². The number of rotatable bonds is 0. The third-order valence-corrected chi connectivity index (χ3v) is 0.335. The average Bonchev–Trinajstić information content (AvgIpc) is 1.75. The van der Waals surface area contributed by atoms with Gasteiger partial charge in [0.05, 0.1) is 0 Å². The summed E-state index contributed by atoms with van der Waals surface area (Å²) >= 11 is 0. The van der Waals surface area contributed by atoms with Gasteiger partial charge < -0.3 is 5.11 Å². The van der Waals surface area contributed by atoms with Gasteiger partial charge in [-0.1, -0.05) is 0 Å². The molecule has 0 aromatic carbocycles. The van der Waals surface area contributed by atoms with E-state index in [1.54, 1.807) is 0 Å². The zero-order valence-electron chi connectivity index (χ0n) is 2.15. The van der Waals surface area contributed by atoms with Gasteiger partial charge in [-0.25, -0.2) is 0 Å².